The lowest BCUT2D eigenvalue weighted by molar-refractivity contribution is 0.103. The van der Waals surface area contributed by atoms with E-state index in [1.807, 2.05) is 6.92 Å². The summed E-state index contributed by atoms with van der Waals surface area (Å²) >= 11 is 0. The van der Waals surface area contributed by atoms with Crippen LogP contribution in [0.15, 0.2) is 84.4 Å². The lowest BCUT2D eigenvalue weighted by atomic mass is 10.1. The quantitative estimate of drug-likeness (QED) is 0.461. The molecule has 2 aromatic carbocycles. The topological polar surface area (TPSA) is 65.4 Å². The van der Waals surface area contributed by atoms with Gasteiger partial charge in [0.25, 0.3) is 10.0 Å². The zero-order valence-corrected chi connectivity index (χ0v) is 15.6. The van der Waals surface area contributed by atoms with E-state index in [0.717, 1.165) is 9.54 Å². The van der Waals surface area contributed by atoms with Crippen LogP contribution in [-0.2, 0) is 10.0 Å². The van der Waals surface area contributed by atoms with E-state index in [9.17, 15) is 13.2 Å². The highest BCUT2D eigenvalue weighted by molar-refractivity contribution is 7.90. The van der Waals surface area contributed by atoms with Crippen LogP contribution in [0.3, 0.4) is 0 Å². The van der Waals surface area contributed by atoms with Gasteiger partial charge < -0.3 is 4.74 Å². The zero-order chi connectivity index (χ0) is 19.4. The number of aryl methyl sites for hydroxylation is 1. The highest BCUT2D eigenvalue weighted by Crippen LogP contribution is 2.21. The molecule has 1 heterocycles. The van der Waals surface area contributed by atoms with Crippen molar-refractivity contribution in [3.63, 3.8) is 0 Å². The van der Waals surface area contributed by atoms with Gasteiger partial charge in [0.05, 0.1) is 4.90 Å². The maximum absolute atomic E-state index is 12.9. The third-order valence-electron chi connectivity index (χ3n) is 4.01. The van der Waals surface area contributed by atoms with Crippen molar-refractivity contribution in [2.24, 2.45) is 0 Å². The van der Waals surface area contributed by atoms with E-state index in [1.165, 1.54) is 24.4 Å². The monoisotopic (exact) mass is 381 g/mol. The first kappa shape index (κ1) is 18.7. The molecular formula is C21H19NO4S. The molecule has 0 amide bonds. The molecule has 0 aliphatic carbocycles. The molecule has 0 aliphatic rings. The second-order valence-electron chi connectivity index (χ2n) is 5.96. The van der Waals surface area contributed by atoms with Crippen LogP contribution in [0.2, 0.25) is 0 Å². The van der Waals surface area contributed by atoms with Gasteiger partial charge in [-0.15, -0.1) is 0 Å². The maximum atomic E-state index is 12.9. The summed E-state index contributed by atoms with van der Waals surface area (Å²) in [7, 11) is -3.86. The number of rotatable bonds is 7. The van der Waals surface area contributed by atoms with E-state index in [2.05, 4.69) is 6.58 Å². The van der Waals surface area contributed by atoms with Crippen molar-refractivity contribution in [2.75, 3.05) is 6.61 Å². The first-order valence-electron chi connectivity index (χ1n) is 8.31. The van der Waals surface area contributed by atoms with Crippen LogP contribution in [-0.4, -0.2) is 24.8 Å². The van der Waals surface area contributed by atoms with E-state index >= 15 is 0 Å². The van der Waals surface area contributed by atoms with Crippen LogP contribution in [0, 0.1) is 6.92 Å². The molecule has 5 nitrogen and oxygen atoms in total. The number of carbonyl (C=O) groups is 1. The molecule has 0 aliphatic heterocycles. The standard InChI is InChI=1S/C21H19NO4S/c1-3-15-26-18-10-8-17(9-11-18)21(23)20-5-4-14-22(20)27(24,25)19-12-6-16(2)7-13-19/h3-14H,1,15H2,2H3. The van der Waals surface area contributed by atoms with E-state index in [-0.39, 0.29) is 16.4 Å². The van der Waals surface area contributed by atoms with Crippen molar-refractivity contribution in [3.05, 3.63) is 96.3 Å². The fourth-order valence-corrected chi connectivity index (χ4v) is 3.92. The summed E-state index contributed by atoms with van der Waals surface area (Å²) in [5, 5.41) is 0. The van der Waals surface area contributed by atoms with Gasteiger partial charge in [0, 0.05) is 11.8 Å². The van der Waals surface area contributed by atoms with E-state index in [1.54, 1.807) is 48.5 Å². The molecule has 27 heavy (non-hydrogen) atoms. The number of carbonyl (C=O) groups excluding carboxylic acids is 1. The van der Waals surface area contributed by atoms with Crippen molar-refractivity contribution in [2.45, 2.75) is 11.8 Å². The van der Waals surface area contributed by atoms with Crippen LogP contribution >= 0.6 is 0 Å². The number of hydrogen-bond donors (Lipinski definition) is 0. The van der Waals surface area contributed by atoms with Crippen LogP contribution in [0.25, 0.3) is 0 Å². The molecule has 0 saturated carbocycles. The SMILES string of the molecule is C=CCOc1ccc(C(=O)c2cccn2S(=O)(=O)c2ccc(C)cc2)cc1. The summed E-state index contributed by atoms with van der Waals surface area (Å²) in [5.41, 5.74) is 1.41. The van der Waals surface area contributed by atoms with Crippen LogP contribution < -0.4 is 4.74 Å². The molecule has 0 N–H and O–H groups in total. The van der Waals surface area contributed by atoms with Gasteiger partial charge >= 0.3 is 0 Å². The minimum Gasteiger partial charge on any atom is -0.490 e. The number of ketones is 1. The second-order valence-corrected chi connectivity index (χ2v) is 7.78. The predicted molar refractivity (Wildman–Crippen MR) is 104 cm³/mol. The highest BCUT2D eigenvalue weighted by atomic mass is 32.2. The minimum atomic E-state index is -3.86. The van der Waals surface area contributed by atoms with Gasteiger partial charge in [0.1, 0.15) is 18.1 Å². The average molecular weight is 381 g/mol. The van der Waals surface area contributed by atoms with Gasteiger partial charge in [-0.05, 0) is 55.5 Å². The molecular weight excluding hydrogens is 362 g/mol. The van der Waals surface area contributed by atoms with Crippen molar-refractivity contribution < 1.29 is 17.9 Å². The van der Waals surface area contributed by atoms with Crippen molar-refractivity contribution >= 4 is 15.8 Å². The Bertz CT molecular complexity index is 1060. The third kappa shape index (κ3) is 3.85. The number of hydrogen-bond acceptors (Lipinski definition) is 4. The van der Waals surface area contributed by atoms with Crippen molar-refractivity contribution in [1.29, 1.82) is 0 Å². The lowest BCUT2D eigenvalue weighted by Crippen LogP contribution is -2.18. The summed E-state index contributed by atoms with van der Waals surface area (Å²) in [5.74, 6) is 0.222. The van der Waals surface area contributed by atoms with Crippen LogP contribution in [0.1, 0.15) is 21.6 Å². The fourth-order valence-electron chi connectivity index (χ4n) is 2.58. The molecule has 0 bridgehead atoms. The Morgan fingerprint density at radius 2 is 1.74 bits per heavy atom. The Labute approximate surface area is 158 Å². The van der Waals surface area contributed by atoms with E-state index in [4.69, 9.17) is 4.74 Å². The summed E-state index contributed by atoms with van der Waals surface area (Å²) in [6.07, 6.45) is 3.01. The summed E-state index contributed by atoms with van der Waals surface area (Å²) in [6, 6.07) is 16.1. The minimum absolute atomic E-state index is 0.0790. The number of aromatic nitrogens is 1. The highest BCUT2D eigenvalue weighted by Gasteiger charge is 2.23. The largest absolute Gasteiger partial charge is 0.490 e. The van der Waals surface area contributed by atoms with Crippen LogP contribution in [0.5, 0.6) is 5.75 Å². The average Bonchev–Trinajstić information content (AvgIpc) is 3.17. The molecule has 0 radical (unpaired) electrons. The smallest absolute Gasteiger partial charge is 0.268 e. The molecule has 6 heteroatoms. The Kier molecular flexibility index (Phi) is 5.28. The molecule has 3 rings (SSSR count). The lowest BCUT2D eigenvalue weighted by Gasteiger charge is -2.11. The molecule has 0 unspecified atom stereocenters. The Morgan fingerprint density at radius 3 is 2.37 bits per heavy atom. The van der Waals surface area contributed by atoms with Gasteiger partial charge in [-0.3, -0.25) is 4.79 Å². The molecule has 0 saturated heterocycles. The van der Waals surface area contributed by atoms with E-state index < -0.39 is 10.0 Å². The normalized spacial score (nSPS) is 11.1. The van der Waals surface area contributed by atoms with Gasteiger partial charge in [-0.2, -0.15) is 0 Å². The molecule has 138 valence electrons. The summed E-state index contributed by atoms with van der Waals surface area (Å²) in [4.78, 5) is 13.0. The van der Waals surface area contributed by atoms with Crippen molar-refractivity contribution in [1.82, 2.24) is 3.97 Å². The van der Waals surface area contributed by atoms with Gasteiger partial charge in [-0.25, -0.2) is 12.4 Å². The van der Waals surface area contributed by atoms with Crippen LogP contribution in [0.4, 0.5) is 0 Å². The van der Waals surface area contributed by atoms with Crippen molar-refractivity contribution in [3.8, 4) is 5.75 Å². The maximum Gasteiger partial charge on any atom is 0.268 e. The summed E-state index contributed by atoms with van der Waals surface area (Å²) in [6.45, 7) is 5.82. The second kappa shape index (κ2) is 7.63. The fraction of sp³-hybridized carbons (Fsp3) is 0.0952. The zero-order valence-electron chi connectivity index (χ0n) is 14.8. The van der Waals surface area contributed by atoms with Gasteiger partial charge in [0.2, 0.25) is 5.78 Å². The van der Waals surface area contributed by atoms with Gasteiger partial charge in [0.15, 0.2) is 0 Å². The van der Waals surface area contributed by atoms with E-state index in [0.29, 0.717) is 17.9 Å². The molecule has 3 aromatic rings. The third-order valence-corrected chi connectivity index (χ3v) is 5.71. The van der Waals surface area contributed by atoms with Gasteiger partial charge in [-0.1, -0.05) is 30.4 Å². The number of benzene rings is 2. The molecule has 1 aromatic heterocycles. The first-order chi connectivity index (χ1) is 12.9. The molecule has 0 atom stereocenters. The Balaban J connectivity index is 1.93. The molecule has 0 spiro atoms. The number of ether oxygens (including phenoxy) is 1. The number of nitrogens with zero attached hydrogens (tertiary/aromatic N) is 1. The predicted octanol–water partition coefficient (Wildman–Crippen LogP) is 3.83. The molecule has 0 fully saturated rings. The Hall–Kier alpha value is -3.12. The summed E-state index contributed by atoms with van der Waals surface area (Å²) < 4.78 is 32.2. The first-order valence-corrected chi connectivity index (χ1v) is 9.75. The Morgan fingerprint density at radius 1 is 1.07 bits per heavy atom.